The summed E-state index contributed by atoms with van der Waals surface area (Å²) in [5.74, 6) is 0. The van der Waals surface area contributed by atoms with Crippen LogP contribution in [0.5, 0.6) is 0 Å². The molecule has 0 N–H and O–H groups in total. The normalized spacial score (nSPS) is 22.4. The fraction of sp³-hybridized carbons (Fsp3) is 0.889. The van der Waals surface area contributed by atoms with E-state index in [0.717, 1.165) is 25.6 Å². The van der Waals surface area contributed by atoms with Gasteiger partial charge in [-0.2, -0.15) is 5.47 Å². The molecule has 0 amide bonds. The van der Waals surface area contributed by atoms with Crippen LogP contribution in [0.15, 0.2) is 11.5 Å². The van der Waals surface area contributed by atoms with Crippen LogP contribution in [0.25, 0.3) is 0 Å². The van der Waals surface area contributed by atoms with Crippen LogP contribution < -0.4 is 18.9 Å². The van der Waals surface area contributed by atoms with Gasteiger partial charge in [-0.05, 0) is 34.1 Å². The Morgan fingerprint density at radius 3 is 1.86 bits per heavy atom. The third kappa shape index (κ3) is 4.91. The van der Waals surface area contributed by atoms with Crippen molar-refractivity contribution in [2.75, 3.05) is 0 Å². The van der Waals surface area contributed by atoms with E-state index in [0.29, 0.717) is 0 Å². The predicted octanol–water partition coefficient (Wildman–Crippen LogP) is 2.90. The van der Waals surface area contributed by atoms with E-state index < -0.39 is 6.55 Å². The van der Waals surface area contributed by atoms with Gasteiger partial charge in [-0.25, -0.2) is 0 Å². The Balaban J connectivity index is 0.00000441. The molecule has 0 saturated carbocycles. The number of allylic oxidation sites excluding steroid dienone is 2. The first kappa shape index (κ1) is 22.3. The standard InChI is InChI=1S/C18H36BO2.Li/c1-8-11-14-16(13-10-3)19(15-12-9-2)20-17(4,5)18(6,7)21-19;/h14H,8-13,15H2,1-7H3;/q-1;+1/b16-14+;. The van der Waals surface area contributed by atoms with Crippen LogP contribution in [-0.2, 0) is 9.31 Å². The van der Waals surface area contributed by atoms with Crippen LogP contribution in [0.4, 0.5) is 0 Å². The summed E-state index contributed by atoms with van der Waals surface area (Å²) in [5.41, 5.74) is 0.950. The summed E-state index contributed by atoms with van der Waals surface area (Å²) in [6.07, 6.45) is 10.3. The van der Waals surface area contributed by atoms with Gasteiger partial charge in [0, 0.05) is 11.2 Å². The molecule has 1 rings (SSSR count). The van der Waals surface area contributed by atoms with Crippen molar-refractivity contribution >= 4 is 6.55 Å². The average molecular weight is 302 g/mol. The zero-order valence-electron chi connectivity index (χ0n) is 16.4. The minimum absolute atomic E-state index is 0. The molecule has 0 radical (unpaired) electrons. The van der Waals surface area contributed by atoms with Gasteiger partial charge in [0.1, 0.15) is 0 Å². The van der Waals surface area contributed by atoms with Crippen LogP contribution in [0.1, 0.15) is 87.0 Å². The third-order valence-electron chi connectivity index (χ3n) is 5.16. The maximum Gasteiger partial charge on any atom is 1.00 e. The summed E-state index contributed by atoms with van der Waals surface area (Å²) in [6, 6.07) is 0. The van der Waals surface area contributed by atoms with Crippen LogP contribution in [0.3, 0.4) is 0 Å². The Morgan fingerprint density at radius 2 is 1.45 bits per heavy atom. The molecule has 2 nitrogen and oxygen atoms in total. The van der Waals surface area contributed by atoms with E-state index in [1.54, 1.807) is 0 Å². The molecular formula is C18H36BLiO2. The molecule has 0 atom stereocenters. The topological polar surface area (TPSA) is 18.5 Å². The Morgan fingerprint density at radius 1 is 0.909 bits per heavy atom. The van der Waals surface area contributed by atoms with Gasteiger partial charge in [0.25, 0.3) is 6.55 Å². The van der Waals surface area contributed by atoms with E-state index in [4.69, 9.17) is 9.31 Å². The Kier molecular flexibility index (Phi) is 9.11. The Hall–Kier alpha value is 0.322. The van der Waals surface area contributed by atoms with Gasteiger partial charge in [0.05, 0.1) is 0 Å². The molecular weight excluding hydrogens is 266 g/mol. The second-order valence-corrected chi connectivity index (χ2v) is 7.59. The summed E-state index contributed by atoms with van der Waals surface area (Å²) in [5, 5.41) is 0. The van der Waals surface area contributed by atoms with Crippen molar-refractivity contribution < 1.29 is 28.2 Å². The zero-order valence-corrected chi connectivity index (χ0v) is 16.4. The molecule has 124 valence electrons. The molecule has 0 aromatic heterocycles. The molecule has 22 heavy (non-hydrogen) atoms. The van der Waals surface area contributed by atoms with Crippen molar-refractivity contribution in [2.24, 2.45) is 0 Å². The number of hydrogen-bond donors (Lipinski definition) is 0. The molecule has 0 bridgehead atoms. The number of unbranched alkanes of at least 4 members (excludes halogenated alkanes) is 2. The van der Waals surface area contributed by atoms with Crippen LogP contribution in [0.2, 0.25) is 6.32 Å². The smallest absolute Gasteiger partial charge is 0.558 e. The SMILES string of the molecule is CCC/C=C(\CCC)[B-]1(CCCC)OC(C)(C)C(C)(C)O1.[Li+]. The van der Waals surface area contributed by atoms with E-state index in [-0.39, 0.29) is 30.1 Å². The fourth-order valence-corrected chi connectivity index (χ4v) is 3.31. The van der Waals surface area contributed by atoms with E-state index in [2.05, 4.69) is 54.5 Å². The summed E-state index contributed by atoms with van der Waals surface area (Å²) in [6.45, 7) is 14.1. The first-order valence-corrected chi connectivity index (χ1v) is 9.00. The minimum atomic E-state index is -1.29. The summed E-state index contributed by atoms with van der Waals surface area (Å²) >= 11 is 0. The summed E-state index contributed by atoms with van der Waals surface area (Å²) in [7, 11) is 0. The first-order chi connectivity index (χ1) is 9.74. The monoisotopic (exact) mass is 302 g/mol. The maximum atomic E-state index is 6.64. The quantitative estimate of drug-likeness (QED) is 0.642. The van der Waals surface area contributed by atoms with Gasteiger partial charge in [-0.1, -0.05) is 52.9 Å². The molecule has 1 aliphatic heterocycles. The van der Waals surface area contributed by atoms with Crippen molar-refractivity contribution in [2.45, 2.75) is 105 Å². The third-order valence-corrected chi connectivity index (χ3v) is 5.16. The van der Waals surface area contributed by atoms with Crippen molar-refractivity contribution in [3.8, 4) is 0 Å². The molecule has 0 aromatic carbocycles. The van der Waals surface area contributed by atoms with Crippen molar-refractivity contribution in [1.29, 1.82) is 0 Å². The molecule has 1 aliphatic rings. The van der Waals surface area contributed by atoms with Crippen LogP contribution in [-0.4, -0.2) is 17.8 Å². The second-order valence-electron chi connectivity index (χ2n) is 7.59. The molecule has 1 saturated heterocycles. The van der Waals surface area contributed by atoms with E-state index in [9.17, 15) is 0 Å². The van der Waals surface area contributed by atoms with E-state index in [1.165, 1.54) is 24.7 Å². The number of hydrogen-bond acceptors (Lipinski definition) is 2. The van der Waals surface area contributed by atoms with Gasteiger partial charge in [0.2, 0.25) is 0 Å². The average Bonchev–Trinajstić information content (AvgIpc) is 2.58. The summed E-state index contributed by atoms with van der Waals surface area (Å²) < 4.78 is 13.3. The Labute approximate surface area is 151 Å². The maximum absolute atomic E-state index is 6.64. The van der Waals surface area contributed by atoms with Crippen molar-refractivity contribution in [3.05, 3.63) is 11.5 Å². The zero-order chi connectivity index (χ0) is 16.1. The van der Waals surface area contributed by atoms with Gasteiger partial charge in [-0.15, -0.1) is 12.4 Å². The molecule has 4 heteroatoms. The summed E-state index contributed by atoms with van der Waals surface area (Å²) in [4.78, 5) is 0. The predicted molar refractivity (Wildman–Crippen MR) is 93.7 cm³/mol. The van der Waals surface area contributed by atoms with Gasteiger partial charge >= 0.3 is 18.9 Å². The number of rotatable bonds is 8. The largest absolute Gasteiger partial charge is 1.00 e. The van der Waals surface area contributed by atoms with Gasteiger partial charge in [-0.3, -0.25) is 0 Å². The fourth-order valence-electron chi connectivity index (χ4n) is 3.31. The molecule has 1 fully saturated rings. The molecule has 1 heterocycles. The van der Waals surface area contributed by atoms with Gasteiger partial charge < -0.3 is 9.31 Å². The van der Waals surface area contributed by atoms with E-state index >= 15 is 0 Å². The van der Waals surface area contributed by atoms with Crippen molar-refractivity contribution in [1.82, 2.24) is 0 Å². The molecule has 0 aliphatic carbocycles. The second kappa shape index (κ2) is 8.98. The van der Waals surface area contributed by atoms with Gasteiger partial charge in [0.15, 0.2) is 0 Å². The first-order valence-electron chi connectivity index (χ1n) is 9.00. The molecule has 0 aromatic rings. The van der Waals surface area contributed by atoms with E-state index in [1.807, 2.05) is 0 Å². The minimum Gasteiger partial charge on any atom is -0.558 e. The Bertz CT molecular complexity index is 348. The van der Waals surface area contributed by atoms with Crippen LogP contribution in [0, 0.1) is 0 Å². The van der Waals surface area contributed by atoms with Crippen LogP contribution >= 0.6 is 0 Å². The molecule has 0 spiro atoms. The van der Waals surface area contributed by atoms with Crippen molar-refractivity contribution in [3.63, 3.8) is 0 Å². The molecule has 0 unspecified atom stereocenters.